The summed E-state index contributed by atoms with van der Waals surface area (Å²) in [6.45, 7) is 2.11. The number of methoxy groups -OCH3 is 1. The summed E-state index contributed by atoms with van der Waals surface area (Å²) in [7, 11) is 1.82. The maximum absolute atomic E-state index is 12.5. The van der Waals surface area contributed by atoms with Gasteiger partial charge in [-0.3, -0.25) is 4.79 Å². The number of nitrogens with two attached hydrogens (primary N) is 1. The minimum absolute atomic E-state index is 0.0159. The molecule has 4 nitrogen and oxygen atoms in total. The van der Waals surface area contributed by atoms with Gasteiger partial charge in [0, 0.05) is 31.0 Å². The van der Waals surface area contributed by atoms with Crippen molar-refractivity contribution in [2.75, 3.05) is 7.11 Å². The van der Waals surface area contributed by atoms with Crippen LogP contribution in [0.3, 0.4) is 0 Å². The fourth-order valence-corrected chi connectivity index (χ4v) is 6.12. The monoisotopic (exact) mass is 372 g/mol. The number of benzene rings is 1. The van der Waals surface area contributed by atoms with E-state index in [-0.39, 0.29) is 29.3 Å². The molecule has 1 aromatic rings. The summed E-state index contributed by atoms with van der Waals surface area (Å²) in [5, 5.41) is 5.42. The number of nitrogens with one attached hydrogen (secondary N) is 1. The molecule has 0 spiro atoms. The van der Waals surface area contributed by atoms with E-state index in [2.05, 4.69) is 48.0 Å². The van der Waals surface area contributed by atoms with Gasteiger partial charge in [-0.25, -0.2) is 0 Å². The van der Waals surface area contributed by atoms with Crippen molar-refractivity contribution in [3.05, 3.63) is 46.9 Å². The lowest BCUT2D eigenvalue weighted by molar-refractivity contribution is -0.127. The number of hydrogen-bond acceptors (Lipinski definition) is 4. The number of carbonyl (C=O) groups excluding carboxylic acids is 1. The number of thioether (sulfide) groups is 1. The first kappa shape index (κ1) is 18.1. The molecule has 2 aliphatic heterocycles. The van der Waals surface area contributed by atoms with Crippen LogP contribution in [0.25, 0.3) is 0 Å². The normalized spacial score (nSPS) is 37.0. The Kier molecular flexibility index (Phi) is 5.13. The number of allylic oxidation sites excluding steroid dienone is 1. The Balaban J connectivity index is 1.69. The Morgan fingerprint density at radius 2 is 2.08 bits per heavy atom. The van der Waals surface area contributed by atoms with Gasteiger partial charge in [0.25, 0.3) is 0 Å². The quantitative estimate of drug-likeness (QED) is 0.851. The third-order valence-electron chi connectivity index (χ3n) is 6.44. The van der Waals surface area contributed by atoms with Gasteiger partial charge >= 0.3 is 0 Å². The molecule has 7 atom stereocenters. The van der Waals surface area contributed by atoms with E-state index in [1.54, 1.807) is 11.8 Å². The van der Waals surface area contributed by atoms with Gasteiger partial charge in [-0.2, -0.15) is 0 Å². The Morgan fingerprint density at radius 1 is 1.31 bits per heavy atom. The maximum Gasteiger partial charge on any atom is 0.234 e. The van der Waals surface area contributed by atoms with Crippen molar-refractivity contribution in [1.29, 1.82) is 0 Å². The van der Waals surface area contributed by atoms with Crippen LogP contribution in [0.2, 0.25) is 0 Å². The second kappa shape index (κ2) is 7.37. The van der Waals surface area contributed by atoms with Crippen molar-refractivity contribution in [3.63, 3.8) is 0 Å². The summed E-state index contributed by atoms with van der Waals surface area (Å²) >= 11 is 1.66. The first-order chi connectivity index (χ1) is 12.6. The summed E-state index contributed by atoms with van der Waals surface area (Å²) in [5.41, 5.74) is 8.67. The van der Waals surface area contributed by atoms with Crippen LogP contribution in [-0.4, -0.2) is 30.4 Å². The Morgan fingerprint density at radius 3 is 2.77 bits per heavy atom. The topological polar surface area (TPSA) is 64.3 Å². The Labute approximate surface area is 159 Å². The van der Waals surface area contributed by atoms with Gasteiger partial charge in [0.05, 0.1) is 11.4 Å². The molecule has 5 heteroatoms. The van der Waals surface area contributed by atoms with E-state index in [1.165, 1.54) is 11.1 Å². The molecule has 3 aliphatic rings. The Bertz CT molecular complexity index is 690. The van der Waals surface area contributed by atoms with Crippen LogP contribution in [-0.2, 0) is 9.53 Å². The molecule has 3 N–H and O–H groups in total. The van der Waals surface area contributed by atoms with Crippen LogP contribution in [0.5, 0.6) is 0 Å². The van der Waals surface area contributed by atoms with Crippen molar-refractivity contribution in [1.82, 2.24) is 5.32 Å². The van der Waals surface area contributed by atoms with Crippen LogP contribution in [0.1, 0.15) is 49.3 Å². The molecular weight excluding hydrogens is 344 g/mol. The second-order valence-electron chi connectivity index (χ2n) is 7.71. The number of hydrogen-bond donors (Lipinski definition) is 2. The first-order valence-electron chi connectivity index (χ1n) is 9.64. The number of ether oxygens (including phenoxy) is 1. The molecular formula is C21H28N2O2S. The summed E-state index contributed by atoms with van der Waals surface area (Å²) in [4.78, 5) is 12.5. The van der Waals surface area contributed by atoms with Gasteiger partial charge in [-0.1, -0.05) is 37.3 Å². The molecule has 140 valence electrons. The highest BCUT2D eigenvalue weighted by Gasteiger charge is 2.52. The van der Waals surface area contributed by atoms with Crippen LogP contribution >= 0.6 is 11.8 Å². The fourth-order valence-electron chi connectivity index (χ4n) is 5.04. The molecule has 1 amide bonds. The van der Waals surface area contributed by atoms with Crippen molar-refractivity contribution in [2.24, 2.45) is 17.6 Å². The highest BCUT2D eigenvalue weighted by molar-refractivity contribution is 8.03. The van der Waals surface area contributed by atoms with Gasteiger partial charge < -0.3 is 15.8 Å². The van der Waals surface area contributed by atoms with Crippen molar-refractivity contribution < 1.29 is 9.53 Å². The third kappa shape index (κ3) is 3.00. The highest BCUT2D eigenvalue weighted by atomic mass is 32.2. The zero-order chi connectivity index (χ0) is 18.3. The molecule has 2 fully saturated rings. The van der Waals surface area contributed by atoms with E-state index in [9.17, 15) is 4.79 Å². The predicted molar refractivity (Wildman–Crippen MR) is 106 cm³/mol. The largest absolute Gasteiger partial charge is 0.381 e. The number of piperidine rings is 1. The molecule has 0 aromatic heterocycles. The minimum atomic E-state index is 0.0159. The van der Waals surface area contributed by atoms with Crippen LogP contribution in [0.15, 0.2) is 35.7 Å². The van der Waals surface area contributed by atoms with Crippen LogP contribution in [0.4, 0.5) is 0 Å². The number of fused-ring (bicyclic) bond motifs is 3. The summed E-state index contributed by atoms with van der Waals surface area (Å²) in [6.07, 6.45) is 5.35. The lowest BCUT2D eigenvalue weighted by Crippen LogP contribution is -2.59. The average molecular weight is 373 g/mol. The molecule has 2 heterocycles. The van der Waals surface area contributed by atoms with E-state index in [4.69, 9.17) is 10.5 Å². The molecule has 26 heavy (non-hydrogen) atoms. The van der Waals surface area contributed by atoms with E-state index in [0.29, 0.717) is 17.8 Å². The van der Waals surface area contributed by atoms with Crippen molar-refractivity contribution in [3.8, 4) is 0 Å². The van der Waals surface area contributed by atoms with E-state index < -0.39 is 0 Å². The number of rotatable bonds is 4. The first-order valence-corrected chi connectivity index (χ1v) is 10.6. The zero-order valence-corrected chi connectivity index (χ0v) is 16.2. The second-order valence-corrected chi connectivity index (χ2v) is 8.77. The molecule has 1 saturated carbocycles. The number of amides is 1. The summed E-state index contributed by atoms with van der Waals surface area (Å²) in [5.74, 6) is 1.17. The molecule has 4 rings (SSSR count). The zero-order valence-electron chi connectivity index (χ0n) is 15.4. The fraction of sp³-hybridized carbons (Fsp3) is 0.571. The Hall–Kier alpha value is -1.30. The lowest BCUT2D eigenvalue weighted by Gasteiger charge is -2.49. The summed E-state index contributed by atoms with van der Waals surface area (Å²) < 4.78 is 5.91. The minimum Gasteiger partial charge on any atom is -0.381 e. The summed E-state index contributed by atoms with van der Waals surface area (Å²) in [6, 6.07) is 9.10. The molecule has 0 bridgehead atoms. The molecule has 7 unspecified atom stereocenters. The molecule has 1 saturated heterocycles. The standard InChI is InChI=1S/C21H28N2O2S/c1-3-15(22)12-4-6-13(7-5-12)18-17(25-2)9-8-16-19(18)14-10-11-26-20(14)21(24)23-16/h4-7,10-11,14-20H,3,8-9,22H2,1-2H3,(H,23,24). The maximum atomic E-state index is 12.5. The van der Waals surface area contributed by atoms with E-state index in [0.717, 1.165) is 19.3 Å². The molecule has 0 radical (unpaired) electrons. The van der Waals surface area contributed by atoms with E-state index in [1.807, 2.05) is 7.11 Å². The van der Waals surface area contributed by atoms with Crippen molar-refractivity contribution in [2.45, 2.75) is 55.5 Å². The van der Waals surface area contributed by atoms with Gasteiger partial charge in [0.1, 0.15) is 0 Å². The predicted octanol–water partition coefficient (Wildman–Crippen LogP) is 3.35. The van der Waals surface area contributed by atoms with E-state index >= 15 is 0 Å². The third-order valence-corrected chi connectivity index (χ3v) is 7.58. The van der Waals surface area contributed by atoms with Crippen molar-refractivity contribution >= 4 is 17.7 Å². The van der Waals surface area contributed by atoms with Crippen LogP contribution in [0, 0.1) is 11.8 Å². The average Bonchev–Trinajstić information content (AvgIpc) is 3.17. The molecule has 1 aromatic carbocycles. The lowest BCUT2D eigenvalue weighted by atomic mass is 9.63. The number of carbonyl (C=O) groups is 1. The van der Waals surface area contributed by atoms with Gasteiger partial charge in [0.15, 0.2) is 0 Å². The van der Waals surface area contributed by atoms with Gasteiger partial charge in [0.2, 0.25) is 5.91 Å². The van der Waals surface area contributed by atoms with Gasteiger partial charge in [-0.05, 0) is 41.7 Å². The van der Waals surface area contributed by atoms with Gasteiger partial charge in [-0.15, -0.1) is 11.8 Å². The molecule has 1 aliphatic carbocycles. The SMILES string of the molecule is CCC(N)c1ccc(C2C(OC)CCC3NC(=O)C4SC=CC4C32)cc1. The smallest absolute Gasteiger partial charge is 0.234 e. The van der Waals surface area contributed by atoms with Crippen LogP contribution < -0.4 is 11.1 Å². The highest BCUT2D eigenvalue weighted by Crippen LogP contribution is 2.50.